The summed E-state index contributed by atoms with van der Waals surface area (Å²) in [5.41, 5.74) is 2.32. The fourth-order valence-corrected chi connectivity index (χ4v) is 4.19. The summed E-state index contributed by atoms with van der Waals surface area (Å²) in [4.78, 5) is 23.1. The quantitative estimate of drug-likeness (QED) is 0.416. The molecule has 28 heavy (non-hydrogen) atoms. The van der Waals surface area contributed by atoms with Gasteiger partial charge in [-0.25, -0.2) is 8.42 Å². The average molecular weight is 404 g/mol. The highest BCUT2D eigenvalue weighted by molar-refractivity contribution is 7.92. The standard InChI is InChI=1S/C19H20N2O6S/c1-13-5-7-17(21(23)24)19(10-13)27-12-18(22)15-6-8-16-14(11-15)4-3-9-20(16)28(2,25)26/h5-8,10-11H,3-4,9,12H2,1-2H3. The summed E-state index contributed by atoms with van der Waals surface area (Å²) in [5, 5.41) is 11.1. The molecule has 0 spiro atoms. The van der Waals surface area contributed by atoms with E-state index in [1.807, 2.05) is 0 Å². The topological polar surface area (TPSA) is 107 Å². The van der Waals surface area contributed by atoms with E-state index in [1.165, 1.54) is 16.4 Å². The molecule has 0 radical (unpaired) electrons. The minimum Gasteiger partial charge on any atom is -0.478 e. The number of aryl methyl sites for hydroxylation is 2. The van der Waals surface area contributed by atoms with Crippen LogP contribution in [0.5, 0.6) is 5.75 Å². The molecule has 1 heterocycles. The van der Waals surface area contributed by atoms with Crippen molar-refractivity contribution in [1.29, 1.82) is 0 Å². The predicted octanol–water partition coefficient (Wildman–Crippen LogP) is 2.88. The number of nitro groups is 1. The molecule has 0 saturated carbocycles. The first kappa shape index (κ1) is 19.8. The molecule has 0 bridgehead atoms. The molecule has 8 nitrogen and oxygen atoms in total. The van der Waals surface area contributed by atoms with Crippen LogP contribution in [0, 0.1) is 17.0 Å². The van der Waals surface area contributed by atoms with Gasteiger partial charge in [0, 0.05) is 18.2 Å². The molecule has 148 valence electrons. The minimum atomic E-state index is -3.38. The van der Waals surface area contributed by atoms with Gasteiger partial charge < -0.3 is 4.74 Å². The number of ketones is 1. The van der Waals surface area contributed by atoms with Crippen LogP contribution < -0.4 is 9.04 Å². The molecule has 9 heteroatoms. The van der Waals surface area contributed by atoms with Crippen molar-refractivity contribution in [3.8, 4) is 5.75 Å². The van der Waals surface area contributed by atoms with Gasteiger partial charge in [-0.3, -0.25) is 19.2 Å². The number of anilines is 1. The van der Waals surface area contributed by atoms with Crippen LogP contribution in [0.3, 0.4) is 0 Å². The van der Waals surface area contributed by atoms with Crippen LogP contribution in [0.1, 0.15) is 27.9 Å². The van der Waals surface area contributed by atoms with Gasteiger partial charge in [-0.05, 0) is 55.2 Å². The van der Waals surface area contributed by atoms with Gasteiger partial charge in [-0.1, -0.05) is 6.07 Å². The Labute approximate surface area is 162 Å². The van der Waals surface area contributed by atoms with E-state index in [4.69, 9.17) is 4.74 Å². The Balaban J connectivity index is 1.80. The molecule has 0 amide bonds. The van der Waals surface area contributed by atoms with Crippen LogP contribution in [0.25, 0.3) is 0 Å². The van der Waals surface area contributed by atoms with E-state index in [0.717, 1.165) is 17.4 Å². The Morgan fingerprint density at radius 1 is 1.25 bits per heavy atom. The molecular formula is C19H20N2O6S. The first-order valence-corrected chi connectivity index (χ1v) is 10.5. The van der Waals surface area contributed by atoms with Gasteiger partial charge in [-0.15, -0.1) is 0 Å². The molecule has 0 aromatic heterocycles. The van der Waals surface area contributed by atoms with Crippen molar-refractivity contribution in [1.82, 2.24) is 0 Å². The van der Waals surface area contributed by atoms with Crippen molar-refractivity contribution in [2.75, 3.05) is 23.7 Å². The van der Waals surface area contributed by atoms with Gasteiger partial charge in [0.1, 0.15) is 0 Å². The molecule has 0 aliphatic carbocycles. The van der Waals surface area contributed by atoms with E-state index in [-0.39, 0.29) is 23.8 Å². The van der Waals surface area contributed by atoms with Crippen molar-refractivity contribution in [2.45, 2.75) is 19.8 Å². The summed E-state index contributed by atoms with van der Waals surface area (Å²) in [6.45, 7) is 1.84. The summed E-state index contributed by atoms with van der Waals surface area (Å²) in [6.07, 6.45) is 2.50. The van der Waals surface area contributed by atoms with E-state index in [1.54, 1.807) is 31.2 Å². The SMILES string of the molecule is Cc1ccc([N+](=O)[O-])c(OCC(=O)c2ccc3c(c2)CCCN3S(C)(=O)=O)c1. The highest BCUT2D eigenvalue weighted by atomic mass is 32.2. The maximum Gasteiger partial charge on any atom is 0.310 e. The van der Waals surface area contributed by atoms with E-state index < -0.39 is 14.9 Å². The lowest BCUT2D eigenvalue weighted by Crippen LogP contribution is -2.34. The van der Waals surface area contributed by atoms with Gasteiger partial charge in [-0.2, -0.15) is 0 Å². The van der Waals surface area contributed by atoms with Crippen molar-refractivity contribution in [2.24, 2.45) is 0 Å². The number of Topliss-reactive ketones (excluding diaryl/α,β-unsaturated/α-hetero) is 1. The summed E-state index contributed by atoms with van der Waals surface area (Å²) in [7, 11) is -3.38. The number of fused-ring (bicyclic) bond motifs is 1. The first-order valence-electron chi connectivity index (χ1n) is 8.68. The van der Waals surface area contributed by atoms with Crippen molar-refractivity contribution in [3.05, 3.63) is 63.2 Å². The van der Waals surface area contributed by atoms with E-state index in [9.17, 15) is 23.3 Å². The molecule has 0 atom stereocenters. The zero-order valence-corrected chi connectivity index (χ0v) is 16.4. The Morgan fingerprint density at radius 2 is 2.00 bits per heavy atom. The number of benzene rings is 2. The summed E-state index contributed by atoms with van der Waals surface area (Å²) >= 11 is 0. The normalized spacial score (nSPS) is 13.7. The van der Waals surface area contributed by atoms with Gasteiger partial charge in [0.15, 0.2) is 18.1 Å². The second-order valence-corrected chi connectivity index (χ2v) is 8.63. The molecule has 3 rings (SSSR count). The number of carbonyl (C=O) groups excluding carboxylic acids is 1. The summed E-state index contributed by atoms with van der Waals surface area (Å²) in [6, 6.07) is 9.31. The fraction of sp³-hybridized carbons (Fsp3) is 0.316. The highest BCUT2D eigenvalue weighted by Gasteiger charge is 2.25. The summed E-state index contributed by atoms with van der Waals surface area (Å²) in [5.74, 6) is -0.297. The minimum absolute atomic E-state index is 0.0413. The van der Waals surface area contributed by atoms with Crippen molar-refractivity contribution < 1.29 is 22.9 Å². The van der Waals surface area contributed by atoms with Crippen LogP contribution in [0.15, 0.2) is 36.4 Å². The van der Waals surface area contributed by atoms with E-state index >= 15 is 0 Å². The fourth-order valence-electron chi connectivity index (χ4n) is 3.19. The molecule has 2 aromatic rings. The van der Waals surface area contributed by atoms with Gasteiger partial charge in [0.25, 0.3) is 0 Å². The molecule has 0 saturated heterocycles. The van der Waals surface area contributed by atoms with Crippen LogP contribution in [-0.2, 0) is 16.4 Å². The third-order valence-corrected chi connectivity index (χ3v) is 5.73. The van der Waals surface area contributed by atoms with E-state index in [2.05, 4.69) is 0 Å². The molecule has 1 aliphatic rings. The lowest BCUT2D eigenvalue weighted by molar-refractivity contribution is -0.385. The highest BCUT2D eigenvalue weighted by Crippen LogP contribution is 2.31. The van der Waals surface area contributed by atoms with Crippen molar-refractivity contribution in [3.63, 3.8) is 0 Å². The molecule has 1 aliphatic heterocycles. The number of hydrogen-bond acceptors (Lipinski definition) is 6. The van der Waals surface area contributed by atoms with Crippen LogP contribution in [0.4, 0.5) is 11.4 Å². The zero-order chi connectivity index (χ0) is 20.5. The Kier molecular flexibility index (Phi) is 5.37. The summed E-state index contributed by atoms with van der Waals surface area (Å²) < 4.78 is 30.6. The van der Waals surface area contributed by atoms with Gasteiger partial charge >= 0.3 is 5.69 Å². The monoisotopic (exact) mass is 404 g/mol. The Hall–Kier alpha value is -2.94. The second kappa shape index (κ2) is 7.59. The Morgan fingerprint density at radius 3 is 2.68 bits per heavy atom. The third-order valence-electron chi connectivity index (χ3n) is 4.55. The average Bonchev–Trinajstić information content (AvgIpc) is 2.64. The molecule has 0 unspecified atom stereocenters. The number of sulfonamides is 1. The smallest absolute Gasteiger partial charge is 0.310 e. The molecule has 0 N–H and O–H groups in total. The second-order valence-electron chi connectivity index (χ2n) is 6.72. The maximum absolute atomic E-state index is 12.5. The number of nitro benzene ring substituents is 1. The largest absolute Gasteiger partial charge is 0.478 e. The zero-order valence-electron chi connectivity index (χ0n) is 15.5. The van der Waals surface area contributed by atoms with Gasteiger partial charge in [0.05, 0.1) is 16.9 Å². The molecule has 0 fully saturated rings. The van der Waals surface area contributed by atoms with Crippen LogP contribution in [-0.4, -0.2) is 38.5 Å². The van der Waals surface area contributed by atoms with Crippen molar-refractivity contribution >= 4 is 27.2 Å². The number of nitrogens with zero attached hydrogens (tertiary/aromatic N) is 2. The number of rotatable bonds is 6. The number of carbonyl (C=O) groups is 1. The predicted molar refractivity (Wildman–Crippen MR) is 105 cm³/mol. The lowest BCUT2D eigenvalue weighted by atomic mass is 9.99. The Bertz CT molecular complexity index is 1050. The van der Waals surface area contributed by atoms with E-state index in [0.29, 0.717) is 30.6 Å². The first-order chi connectivity index (χ1) is 13.2. The molecular weight excluding hydrogens is 384 g/mol. The lowest BCUT2D eigenvalue weighted by Gasteiger charge is -2.29. The molecule has 2 aromatic carbocycles. The van der Waals surface area contributed by atoms with Crippen LogP contribution in [0.2, 0.25) is 0 Å². The third kappa shape index (κ3) is 4.14. The van der Waals surface area contributed by atoms with Crippen LogP contribution >= 0.6 is 0 Å². The maximum atomic E-state index is 12.5. The van der Waals surface area contributed by atoms with Gasteiger partial charge in [0.2, 0.25) is 10.0 Å². The number of hydrogen-bond donors (Lipinski definition) is 0. The number of ether oxygens (including phenoxy) is 1.